The molecule has 0 radical (unpaired) electrons. The van der Waals surface area contributed by atoms with Crippen LogP contribution in [0.4, 0.5) is 0 Å². The van der Waals surface area contributed by atoms with Gasteiger partial charge < -0.3 is 14.5 Å². The third-order valence-corrected chi connectivity index (χ3v) is 6.87. The number of nitrogens with zero attached hydrogens (tertiary/aromatic N) is 4. The van der Waals surface area contributed by atoms with Crippen molar-refractivity contribution in [1.82, 2.24) is 19.6 Å². The Morgan fingerprint density at radius 1 is 0.943 bits per heavy atom. The van der Waals surface area contributed by atoms with E-state index in [1.165, 1.54) is 5.56 Å². The lowest BCUT2D eigenvalue weighted by molar-refractivity contribution is 0.0296. The molecule has 0 aliphatic carbocycles. The second-order valence-corrected chi connectivity index (χ2v) is 9.34. The van der Waals surface area contributed by atoms with Crippen molar-refractivity contribution < 1.29 is 14.3 Å². The van der Waals surface area contributed by atoms with Gasteiger partial charge in [0.1, 0.15) is 0 Å². The Kier molecular flexibility index (Phi) is 6.95. The molecule has 7 nitrogen and oxygen atoms in total. The van der Waals surface area contributed by atoms with Crippen LogP contribution < -0.4 is 0 Å². The Morgan fingerprint density at radius 3 is 2.51 bits per heavy atom. The number of ether oxygens (including phenoxy) is 1. The number of aromatic nitrogens is 2. The topological polar surface area (TPSA) is 67.7 Å². The zero-order valence-electron chi connectivity index (χ0n) is 20.3. The van der Waals surface area contributed by atoms with Crippen LogP contribution in [0.25, 0.3) is 0 Å². The first kappa shape index (κ1) is 23.3. The van der Waals surface area contributed by atoms with Crippen LogP contribution in [0.3, 0.4) is 0 Å². The van der Waals surface area contributed by atoms with Crippen molar-refractivity contribution in [2.75, 3.05) is 32.8 Å². The molecule has 0 saturated carbocycles. The van der Waals surface area contributed by atoms with Crippen LogP contribution in [0.2, 0.25) is 0 Å². The minimum Gasteiger partial charge on any atom is -0.378 e. The average Bonchev–Trinajstić information content (AvgIpc) is 3.26. The lowest BCUT2D eigenvalue weighted by atomic mass is 10.0. The number of rotatable bonds is 6. The molecule has 1 aromatic heterocycles. The molecule has 35 heavy (non-hydrogen) atoms. The maximum atomic E-state index is 13.5. The summed E-state index contributed by atoms with van der Waals surface area (Å²) in [6.07, 6.45) is 2.59. The van der Waals surface area contributed by atoms with Gasteiger partial charge in [0, 0.05) is 49.4 Å². The van der Waals surface area contributed by atoms with Crippen molar-refractivity contribution in [3.8, 4) is 0 Å². The van der Waals surface area contributed by atoms with E-state index in [4.69, 9.17) is 9.84 Å². The highest BCUT2D eigenvalue weighted by atomic mass is 16.5. The van der Waals surface area contributed by atoms with Crippen LogP contribution >= 0.6 is 0 Å². The smallest absolute Gasteiger partial charge is 0.274 e. The number of benzene rings is 2. The van der Waals surface area contributed by atoms with Crippen LogP contribution in [0.15, 0.2) is 54.6 Å². The summed E-state index contributed by atoms with van der Waals surface area (Å²) < 4.78 is 7.45. The molecule has 3 heterocycles. The van der Waals surface area contributed by atoms with Crippen LogP contribution in [0, 0.1) is 6.92 Å². The number of amides is 2. The monoisotopic (exact) mass is 472 g/mol. The molecule has 1 saturated heterocycles. The number of hydrogen-bond acceptors (Lipinski definition) is 4. The number of carbonyl (C=O) groups is 2. The minimum atomic E-state index is -0.0591. The number of fused-ring (bicyclic) bond motifs is 1. The Morgan fingerprint density at radius 2 is 1.74 bits per heavy atom. The Hall–Kier alpha value is -3.45. The van der Waals surface area contributed by atoms with Gasteiger partial charge >= 0.3 is 0 Å². The van der Waals surface area contributed by atoms with Gasteiger partial charge in [-0.05, 0) is 37.5 Å². The fourth-order valence-electron chi connectivity index (χ4n) is 4.98. The first-order valence-corrected chi connectivity index (χ1v) is 12.5. The first-order chi connectivity index (χ1) is 17.1. The molecule has 2 aliphatic rings. The first-order valence-electron chi connectivity index (χ1n) is 12.5. The minimum absolute atomic E-state index is 0.000879. The van der Waals surface area contributed by atoms with Gasteiger partial charge in [-0.3, -0.25) is 14.3 Å². The molecule has 0 spiro atoms. The molecule has 2 aliphatic heterocycles. The highest BCUT2D eigenvalue weighted by molar-refractivity contribution is 5.96. The normalized spacial score (nSPS) is 15.7. The predicted octanol–water partition coefficient (Wildman–Crippen LogP) is 3.50. The second-order valence-electron chi connectivity index (χ2n) is 9.34. The maximum absolute atomic E-state index is 13.5. The molecular formula is C28H32N4O3. The van der Waals surface area contributed by atoms with E-state index in [9.17, 15) is 9.59 Å². The van der Waals surface area contributed by atoms with Crippen molar-refractivity contribution in [3.63, 3.8) is 0 Å². The molecule has 7 heteroatoms. The predicted molar refractivity (Wildman–Crippen MR) is 133 cm³/mol. The summed E-state index contributed by atoms with van der Waals surface area (Å²) in [6, 6.07) is 18.1. The van der Waals surface area contributed by atoms with Crippen LogP contribution in [0.5, 0.6) is 0 Å². The van der Waals surface area contributed by atoms with Gasteiger partial charge in [-0.1, -0.05) is 48.0 Å². The van der Waals surface area contributed by atoms with Gasteiger partial charge in [0.2, 0.25) is 0 Å². The summed E-state index contributed by atoms with van der Waals surface area (Å²) in [4.78, 5) is 30.4. The molecule has 3 aromatic rings. The zero-order valence-corrected chi connectivity index (χ0v) is 20.3. The second kappa shape index (κ2) is 10.4. The van der Waals surface area contributed by atoms with E-state index in [0.29, 0.717) is 57.1 Å². The average molecular weight is 473 g/mol. The van der Waals surface area contributed by atoms with E-state index >= 15 is 0 Å². The molecule has 2 aromatic carbocycles. The summed E-state index contributed by atoms with van der Waals surface area (Å²) in [5, 5.41) is 4.83. The van der Waals surface area contributed by atoms with Gasteiger partial charge in [-0.15, -0.1) is 0 Å². The zero-order chi connectivity index (χ0) is 24.2. The third-order valence-electron chi connectivity index (χ3n) is 6.87. The molecular weight excluding hydrogens is 440 g/mol. The molecule has 0 bridgehead atoms. The van der Waals surface area contributed by atoms with E-state index in [-0.39, 0.29) is 11.8 Å². The van der Waals surface area contributed by atoms with E-state index < -0.39 is 0 Å². The fourth-order valence-corrected chi connectivity index (χ4v) is 4.98. The highest BCUT2D eigenvalue weighted by Gasteiger charge is 2.32. The summed E-state index contributed by atoms with van der Waals surface area (Å²) in [5.41, 5.74) is 5.51. The van der Waals surface area contributed by atoms with E-state index in [1.54, 1.807) is 0 Å². The molecule has 1 fully saturated rings. The standard InChI is InChI=1S/C28H32N4O3/c1-21-7-5-11-23(19-21)27(33)31-14-12-25-24(20-31)26(28(34)30-15-17-35-18-16-30)29-32(25)13-6-10-22-8-3-2-4-9-22/h2-5,7-9,11,19H,6,10,12-18,20H2,1H3. The SMILES string of the molecule is Cc1cccc(C(=O)N2CCc3c(c(C(=O)N4CCOCC4)nn3CCCc3ccccc3)C2)c1. The molecule has 182 valence electrons. The molecule has 0 atom stereocenters. The van der Waals surface area contributed by atoms with Crippen LogP contribution in [-0.4, -0.2) is 64.2 Å². The van der Waals surface area contributed by atoms with Crippen LogP contribution in [-0.2, 0) is 30.7 Å². The van der Waals surface area contributed by atoms with Crippen molar-refractivity contribution in [2.24, 2.45) is 0 Å². The number of hydrogen-bond donors (Lipinski definition) is 0. The number of aryl methyl sites for hydroxylation is 3. The Bertz CT molecular complexity index is 1200. The van der Waals surface area contributed by atoms with Crippen molar-refractivity contribution >= 4 is 11.8 Å². The lowest BCUT2D eigenvalue weighted by Gasteiger charge is -2.29. The number of morpholine rings is 1. The molecule has 0 unspecified atom stereocenters. The van der Waals surface area contributed by atoms with E-state index in [1.807, 2.05) is 51.7 Å². The summed E-state index contributed by atoms with van der Waals surface area (Å²) >= 11 is 0. The lowest BCUT2D eigenvalue weighted by Crippen LogP contribution is -2.42. The molecule has 0 N–H and O–H groups in total. The number of carbonyl (C=O) groups excluding carboxylic acids is 2. The van der Waals surface area contributed by atoms with Gasteiger partial charge in [0.05, 0.1) is 19.8 Å². The highest BCUT2D eigenvalue weighted by Crippen LogP contribution is 2.26. The van der Waals surface area contributed by atoms with Crippen molar-refractivity contribution in [3.05, 3.63) is 88.2 Å². The summed E-state index contributed by atoms with van der Waals surface area (Å²) in [6.45, 7) is 6.00. The van der Waals surface area contributed by atoms with Gasteiger partial charge in [-0.2, -0.15) is 5.10 Å². The van der Waals surface area contributed by atoms with Crippen molar-refractivity contribution in [1.29, 1.82) is 0 Å². The molecule has 5 rings (SSSR count). The van der Waals surface area contributed by atoms with Gasteiger partial charge in [0.15, 0.2) is 5.69 Å². The largest absolute Gasteiger partial charge is 0.378 e. The summed E-state index contributed by atoms with van der Waals surface area (Å²) in [5.74, 6) is -0.0582. The summed E-state index contributed by atoms with van der Waals surface area (Å²) in [7, 11) is 0. The molecule has 2 amide bonds. The van der Waals surface area contributed by atoms with Crippen molar-refractivity contribution in [2.45, 2.75) is 39.3 Å². The quantitative estimate of drug-likeness (QED) is 0.551. The third kappa shape index (κ3) is 5.15. The Balaban J connectivity index is 1.39. The van der Waals surface area contributed by atoms with Crippen LogP contribution in [0.1, 0.15) is 49.7 Å². The van der Waals surface area contributed by atoms with Gasteiger partial charge in [-0.25, -0.2) is 0 Å². The fraction of sp³-hybridized carbons (Fsp3) is 0.393. The van der Waals surface area contributed by atoms with E-state index in [2.05, 4.69) is 24.3 Å². The van der Waals surface area contributed by atoms with E-state index in [0.717, 1.165) is 36.2 Å². The maximum Gasteiger partial charge on any atom is 0.274 e. The Labute approximate surface area is 206 Å². The van der Waals surface area contributed by atoms with Gasteiger partial charge in [0.25, 0.3) is 11.8 Å².